The Labute approximate surface area is 177 Å². The summed E-state index contributed by atoms with van der Waals surface area (Å²) in [5.74, 6) is 2.02. The van der Waals surface area contributed by atoms with Gasteiger partial charge in [0.05, 0.1) is 20.5 Å². The molecule has 7 nitrogen and oxygen atoms in total. The van der Waals surface area contributed by atoms with Gasteiger partial charge in [-0.05, 0) is 65.9 Å². The van der Waals surface area contributed by atoms with Crippen molar-refractivity contribution in [3.8, 4) is 23.1 Å². The van der Waals surface area contributed by atoms with Crippen molar-refractivity contribution in [1.29, 1.82) is 0 Å². The van der Waals surface area contributed by atoms with E-state index >= 15 is 0 Å². The summed E-state index contributed by atoms with van der Waals surface area (Å²) in [6.45, 7) is 0. The van der Waals surface area contributed by atoms with Crippen LogP contribution in [0.2, 0.25) is 0 Å². The fraction of sp³-hybridized carbons (Fsp3) is 0.136. The largest absolute Gasteiger partial charge is 0.497 e. The zero-order valence-electron chi connectivity index (χ0n) is 16.3. The molecule has 4 aromatic rings. The Morgan fingerprint density at radius 1 is 0.933 bits per heavy atom. The van der Waals surface area contributed by atoms with E-state index in [2.05, 4.69) is 10.2 Å². The predicted octanol–water partition coefficient (Wildman–Crippen LogP) is 5.06. The molecule has 1 unspecified atom stereocenters. The van der Waals surface area contributed by atoms with E-state index in [1.807, 2.05) is 24.3 Å². The number of nitrogens with zero attached hydrogens (tertiary/aromatic N) is 2. The monoisotopic (exact) mass is 422 g/mol. The Hall–Kier alpha value is -3.52. The number of ketones is 1. The van der Waals surface area contributed by atoms with Gasteiger partial charge in [0, 0.05) is 5.56 Å². The lowest BCUT2D eigenvalue weighted by molar-refractivity contribution is 0.0989. The molecule has 1 atom stereocenters. The molecule has 0 bridgehead atoms. The second kappa shape index (κ2) is 8.87. The minimum atomic E-state index is -0.589. The van der Waals surface area contributed by atoms with Gasteiger partial charge in [-0.1, -0.05) is 12.1 Å². The molecular weight excluding hydrogens is 404 g/mol. The van der Waals surface area contributed by atoms with Crippen molar-refractivity contribution in [3.63, 3.8) is 0 Å². The van der Waals surface area contributed by atoms with Gasteiger partial charge in [-0.2, -0.15) is 0 Å². The minimum Gasteiger partial charge on any atom is -0.497 e. The number of ether oxygens (including phenoxy) is 2. The van der Waals surface area contributed by atoms with Crippen LogP contribution in [0.1, 0.15) is 21.2 Å². The summed E-state index contributed by atoms with van der Waals surface area (Å²) in [5.41, 5.74) is 1.34. The van der Waals surface area contributed by atoms with Crippen LogP contribution < -0.4 is 9.47 Å². The number of thioether (sulfide) groups is 1. The van der Waals surface area contributed by atoms with Crippen LogP contribution >= 0.6 is 11.8 Å². The first-order valence-corrected chi connectivity index (χ1v) is 9.92. The third-order valence-electron chi connectivity index (χ3n) is 4.39. The Kier molecular flexibility index (Phi) is 5.85. The normalized spacial score (nSPS) is 11.8. The second-order valence-corrected chi connectivity index (χ2v) is 7.27. The smallest absolute Gasteiger partial charge is 0.284 e. The number of Topliss-reactive ketones (excluding diaryl/α,β-unsaturated/α-hetero) is 1. The molecule has 152 valence electrons. The zero-order chi connectivity index (χ0) is 20.9. The van der Waals surface area contributed by atoms with Gasteiger partial charge >= 0.3 is 0 Å². The SMILES string of the molecule is COc1ccc(C(=O)C(Sc2nnc(-c3ccco3)o2)c2ccc(OC)cc2)cc1. The summed E-state index contributed by atoms with van der Waals surface area (Å²) in [5, 5.41) is 7.75. The van der Waals surface area contributed by atoms with Gasteiger partial charge in [0.25, 0.3) is 11.1 Å². The first-order valence-electron chi connectivity index (χ1n) is 9.04. The summed E-state index contributed by atoms with van der Waals surface area (Å²) in [4.78, 5) is 13.3. The third kappa shape index (κ3) is 4.23. The Bertz CT molecular complexity index is 1110. The molecule has 0 saturated carbocycles. The van der Waals surface area contributed by atoms with Crippen molar-refractivity contribution in [1.82, 2.24) is 10.2 Å². The molecule has 0 aliphatic rings. The molecular formula is C22H18N2O5S. The maximum atomic E-state index is 13.3. The second-order valence-electron chi connectivity index (χ2n) is 6.21. The highest BCUT2D eigenvalue weighted by atomic mass is 32.2. The maximum Gasteiger partial charge on any atom is 0.284 e. The van der Waals surface area contributed by atoms with Crippen molar-refractivity contribution < 1.29 is 23.1 Å². The molecule has 0 radical (unpaired) electrons. The fourth-order valence-electron chi connectivity index (χ4n) is 2.82. The van der Waals surface area contributed by atoms with Crippen LogP contribution in [0, 0.1) is 0 Å². The van der Waals surface area contributed by atoms with Crippen LogP contribution in [-0.2, 0) is 0 Å². The molecule has 0 aliphatic carbocycles. The van der Waals surface area contributed by atoms with E-state index in [9.17, 15) is 4.79 Å². The number of hydrogen-bond donors (Lipinski definition) is 0. The van der Waals surface area contributed by atoms with Gasteiger partial charge in [0.2, 0.25) is 0 Å². The van der Waals surface area contributed by atoms with Crippen LogP contribution in [0.15, 0.2) is 81.0 Å². The Morgan fingerprint density at radius 3 is 2.20 bits per heavy atom. The van der Waals surface area contributed by atoms with Gasteiger partial charge in [-0.15, -0.1) is 10.2 Å². The molecule has 2 aromatic carbocycles. The van der Waals surface area contributed by atoms with E-state index in [4.69, 9.17) is 18.3 Å². The summed E-state index contributed by atoms with van der Waals surface area (Å²) >= 11 is 1.18. The summed E-state index contributed by atoms with van der Waals surface area (Å²) < 4.78 is 21.4. The molecule has 8 heteroatoms. The number of aromatic nitrogens is 2. The summed E-state index contributed by atoms with van der Waals surface area (Å²) in [6, 6.07) is 17.8. The lowest BCUT2D eigenvalue weighted by atomic mass is 10.0. The van der Waals surface area contributed by atoms with Gasteiger partial charge in [0.1, 0.15) is 16.7 Å². The highest BCUT2D eigenvalue weighted by Crippen LogP contribution is 2.38. The van der Waals surface area contributed by atoms with Gasteiger partial charge < -0.3 is 18.3 Å². The number of furan rings is 1. The molecule has 0 amide bonds. The molecule has 0 aliphatic heterocycles. The number of carbonyl (C=O) groups excluding carboxylic acids is 1. The fourth-order valence-corrected chi connectivity index (χ4v) is 3.77. The summed E-state index contributed by atoms with van der Waals surface area (Å²) in [6.07, 6.45) is 1.53. The lowest BCUT2D eigenvalue weighted by Crippen LogP contribution is -2.10. The van der Waals surface area contributed by atoms with E-state index in [1.54, 1.807) is 50.6 Å². The van der Waals surface area contributed by atoms with E-state index in [0.717, 1.165) is 5.56 Å². The van der Waals surface area contributed by atoms with Crippen molar-refractivity contribution >= 4 is 17.5 Å². The van der Waals surface area contributed by atoms with E-state index in [0.29, 0.717) is 22.8 Å². The molecule has 30 heavy (non-hydrogen) atoms. The quantitative estimate of drug-likeness (QED) is 0.287. The highest BCUT2D eigenvalue weighted by molar-refractivity contribution is 8.00. The molecule has 2 aromatic heterocycles. The van der Waals surface area contributed by atoms with Crippen molar-refractivity contribution in [3.05, 3.63) is 78.1 Å². The van der Waals surface area contributed by atoms with Crippen LogP contribution in [-0.4, -0.2) is 30.2 Å². The maximum absolute atomic E-state index is 13.3. The number of benzene rings is 2. The lowest BCUT2D eigenvalue weighted by Gasteiger charge is -2.15. The zero-order valence-corrected chi connectivity index (χ0v) is 17.1. The van der Waals surface area contributed by atoms with Crippen LogP contribution in [0.25, 0.3) is 11.7 Å². The molecule has 0 spiro atoms. The predicted molar refractivity (Wildman–Crippen MR) is 111 cm³/mol. The number of carbonyl (C=O) groups is 1. The van der Waals surface area contributed by atoms with E-state index in [-0.39, 0.29) is 16.9 Å². The van der Waals surface area contributed by atoms with Crippen molar-refractivity contribution in [2.45, 2.75) is 10.5 Å². The number of hydrogen-bond acceptors (Lipinski definition) is 8. The number of methoxy groups -OCH3 is 2. The molecule has 0 N–H and O–H groups in total. The Balaban J connectivity index is 1.64. The topological polar surface area (TPSA) is 87.6 Å². The van der Waals surface area contributed by atoms with E-state index in [1.165, 1.54) is 18.0 Å². The molecule has 0 saturated heterocycles. The third-order valence-corrected chi connectivity index (χ3v) is 5.48. The molecule has 0 fully saturated rings. The number of rotatable bonds is 8. The van der Waals surface area contributed by atoms with Crippen LogP contribution in [0.4, 0.5) is 0 Å². The van der Waals surface area contributed by atoms with Crippen molar-refractivity contribution in [2.75, 3.05) is 14.2 Å². The van der Waals surface area contributed by atoms with Crippen LogP contribution in [0.3, 0.4) is 0 Å². The first kappa shape index (κ1) is 19.8. The standard InChI is InChI=1S/C22H18N2O5S/c1-26-16-9-5-14(6-10-16)19(25)20(15-7-11-17(27-2)12-8-15)30-22-24-23-21(29-22)18-4-3-13-28-18/h3-13,20H,1-2H3. The van der Waals surface area contributed by atoms with Gasteiger partial charge in [0.15, 0.2) is 11.5 Å². The van der Waals surface area contributed by atoms with Crippen LogP contribution in [0.5, 0.6) is 11.5 Å². The highest BCUT2D eigenvalue weighted by Gasteiger charge is 2.26. The Morgan fingerprint density at radius 2 is 1.60 bits per heavy atom. The average Bonchev–Trinajstić information content (AvgIpc) is 3.49. The van der Waals surface area contributed by atoms with Crippen molar-refractivity contribution in [2.24, 2.45) is 0 Å². The molecule has 2 heterocycles. The first-order chi connectivity index (χ1) is 14.7. The van der Waals surface area contributed by atoms with Gasteiger partial charge in [-0.3, -0.25) is 4.79 Å². The van der Waals surface area contributed by atoms with Gasteiger partial charge in [-0.25, -0.2) is 0 Å². The minimum absolute atomic E-state index is 0.0921. The van der Waals surface area contributed by atoms with E-state index < -0.39 is 5.25 Å². The average molecular weight is 422 g/mol. The molecule has 4 rings (SSSR count). The summed E-state index contributed by atoms with van der Waals surface area (Å²) in [7, 11) is 3.18.